The predicted octanol–water partition coefficient (Wildman–Crippen LogP) is 1.12. The number of unbranched alkanes of at least 4 members (excludes halogenated alkanes) is 1. The molecule has 1 heterocycles. The number of Topliss-reactive ketones (excluding diaryl/α,β-unsaturated/α-hetero) is 1. The Morgan fingerprint density at radius 1 is 1.39 bits per heavy atom. The molecule has 0 radical (unpaired) electrons. The Balaban J connectivity index is 0.00000289. The van der Waals surface area contributed by atoms with Gasteiger partial charge in [-0.2, -0.15) is 0 Å². The Kier molecular flexibility index (Phi) is 7.31. The zero-order valence-corrected chi connectivity index (χ0v) is 11.5. The number of hydrogen-bond acceptors (Lipinski definition) is 3. The van der Waals surface area contributed by atoms with Gasteiger partial charge in [0.25, 0.3) is 5.91 Å². The van der Waals surface area contributed by atoms with Gasteiger partial charge in [0.05, 0.1) is 0 Å². The Hall–Kier alpha value is -1.33. The fraction of sp³-hybridized carbons (Fsp3) is 0.500. The Bertz CT molecular complexity index is 415. The first-order chi connectivity index (χ1) is 8.06. The van der Waals surface area contributed by atoms with Crippen LogP contribution in [0.25, 0.3) is 0 Å². The van der Waals surface area contributed by atoms with E-state index in [1.165, 1.54) is 6.92 Å². The van der Waals surface area contributed by atoms with Gasteiger partial charge in [0.1, 0.15) is 5.69 Å². The van der Waals surface area contributed by atoms with E-state index in [1.807, 2.05) is 0 Å². The van der Waals surface area contributed by atoms with Crippen molar-refractivity contribution in [2.24, 2.45) is 12.8 Å². The molecule has 0 saturated heterocycles. The summed E-state index contributed by atoms with van der Waals surface area (Å²) in [5.74, 6) is -0.195. The largest absolute Gasteiger partial charge is 0.351 e. The minimum Gasteiger partial charge on any atom is -0.351 e. The molecule has 0 aliphatic rings. The van der Waals surface area contributed by atoms with Crippen molar-refractivity contribution in [2.45, 2.75) is 19.8 Å². The van der Waals surface area contributed by atoms with Crippen molar-refractivity contribution in [1.82, 2.24) is 9.88 Å². The standard InChI is InChI=1S/C12H19N3O2.ClH/c1-9(16)10-7-11(15(2)8-10)12(17)14-6-4-3-5-13;/h7-8H,3-6,13H2,1-2H3,(H,14,17);1H. The van der Waals surface area contributed by atoms with Crippen LogP contribution < -0.4 is 11.1 Å². The van der Waals surface area contributed by atoms with Crippen molar-refractivity contribution in [1.29, 1.82) is 0 Å². The van der Waals surface area contributed by atoms with E-state index in [1.54, 1.807) is 23.9 Å². The van der Waals surface area contributed by atoms with Crippen LogP contribution in [-0.4, -0.2) is 29.3 Å². The summed E-state index contributed by atoms with van der Waals surface area (Å²) in [6, 6.07) is 1.61. The van der Waals surface area contributed by atoms with Crippen molar-refractivity contribution in [2.75, 3.05) is 13.1 Å². The third-order valence-electron chi connectivity index (χ3n) is 2.56. The molecule has 3 N–H and O–H groups in total. The lowest BCUT2D eigenvalue weighted by molar-refractivity contribution is 0.0944. The van der Waals surface area contributed by atoms with Crippen LogP contribution in [0.2, 0.25) is 0 Å². The lowest BCUT2D eigenvalue weighted by atomic mass is 10.2. The summed E-state index contributed by atoms with van der Waals surface area (Å²) in [6.07, 6.45) is 3.43. The van der Waals surface area contributed by atoms with E-state index >= 15 is 0 Å². The monoisotopic (exact) mass is 273 g/mol. The first-order valence-electron chi connectivity index (χ1n) is 5.72. The maximum atomic E-state index is 11.8. The molecule has 0 unspecified atom stereocenters. The molecule has 0 atom stereocenters. The van der Waals surface area contributed by atoms with Crippen molar-refractivity contribution < 1.29 is 9.59 Å². The third kappa shape index (κ3) is 4.50. The van der Waals surface area contributed by atoms with Crippen LogP contribution in [0.15, 0.2) is 12.3 Å². The summed E-state index contributed by atoms with van der Waals surface area (Å²) in [5, 5.41) is 2.80. The second-order valence-electron chi connectivity index (χ2n) is 4.03. The molecule has 0 saturated carbocycles. The lowest BCUT2D eigenvalue weighted by Gasteiger charge is -2.05. The molecule has 1 aromatic heterocycles. The van der Waals surface area contributed by atoms with E-state index in [-0.39, 0.29) is 24.1 Å². The number of ketones is 1. The molecule has 1 aromatic rings. The number of halogens is 1. The molecule has 0 spiro atoms. The van der Waals surface area contributed by atoms with Gasteiger partial charge in [-0.25, -0.2) is 0 Å². The van der Waals surface area contributed by atoms with Gasteiger partial charge in [0, 0.05) is 25.4 Å². The molecule has 18 heavy (non-hydrogen) atoms. The van der Waals surface area contributed by atoms with Crippen molar-refractivity contribution >= 4 is 24.1 Å². The van der Waals surface area contributed by atoms with Crippen LogP contribution >= 0.6 is 12.4 Å². The van der Waals surface area contributed by atoms with Crippen LogP contribution in [0.3, 0.4) is 0 Å². The fourth-order valence-electron chi connectivity index (χ4n) is 1.54. The van der Waals surface area contributed by atoms with Crippen molar-refractivity contribution in [3.8, 4) is 0 Å². The number of carbonyl (C=O) groups is 2. The second kappa shape index (κ2) is 7.89. The highest BCUT2D eigenvalue weighted by molar-refractivity contribution is 5.99. The van der Waals surface area contributed by atoms with Crippen LogP contribution in [0.1, 0.15) is 40.6 Å². The van der Waals surface area contributed by atoms with Crippen LogP contribution in [0.5, 0.6) is 0 Å². The molecular formula is C12H20ClN3O2. The molecule has 0 aliphatic heterocycles. The predicted molar refractivity (Wildman–Crippen MR) is 73.3 cm³/mol. The van der Waals surface area contributed by atoms with E-state index < -0.39 is 0 Å². The number of rotatable bonds is 6. The van der Waals surface area contributed by atoms with Crippen LogP contribution in [0, 0.1) is 0 Å². The summed E-state index contributed by atoms with van der Waals surface area (Å²) >= 11 is 0. The molecule has 0 bridgehead atoms. The van der Waals surface area contributed by atoms with Crippen molar-refractivity contribution in [3.05, 3.63) is 23.5 Å². The first-order valence-corrected chi connectivity index (χ1v) is 5.72. The van der Waals surface area contributed by atoms with Crippen LogP contribution in [0.4, 0.5) is 0 Å². The van der Waals surface area contributed by atoms with Gasteiger partial charge in [-0.3, -0.25) is 9.59 Å². The molecule has 6 heteroatoms. The number of nitrogens with one attached hydrogen (secondary N) is 1. The molecule has 5 nitrogen and oxygen atoms in total. The molecule has 1 rings (SSSR count). The molecule has 0 aromatic carbocycles. The molecule has 1 amide bonds. The molecule has 0 aliphatic carbocycles. The zero-order chi connectivity index (χ0) is 12.8. The number of amides is 1. The smallest absolute Gasteiger partial charge is 0.267 e. The van der Waals surface area contributed by atoms with E-state index in [0.29, 0.717) is 24.3 Å². The summed E-state index contributed by atoms with van der Waals surface area (Å²) in [7, 11) is 1.75. The van der Waals surface area contributed by atoms with E-state index in [9.17, 15) is 9.59 Å². The number of nitrogens with two attached hydrogens (primary N) is 1. The van der Waals surface area contributed by atoms with Gasteiger partial charge in [0.15, 0.2) is 5.78 Å². The van der Waals surface area contributed by atoms with E-state index in [2.05, 4.69) is 5.32 Å². The maximum Gasteiger partial charge on any atom is 0.267 e. The molecule has 102 valence electrons. The molecular weight excluding hydrogens is 254 g/mol. The first kappa shape index (κ1) is 16.7. The van der Waals surface area contributed by atoms with Gasteiger partial charge in [-0.1, -0.05) is 0 Å². The second-order valence-corrected chi connectivity index (χ2v) is 4.03. The Morgan fingerprint density at radius 3 is 2.56 bits per heavy atom. The average Bonchev–Trinajstić information content (AvgIpc) is 2.67. The number of hydrogen-bond donors (Lipinski definition) is 2. The van der Waals surface area contributed by atoms with Gasteiger partial charge in [0.2, 0.25) is 0 Å². The van der Waals surface area contributed by atoms with Crippen molar-refractivity contribution in [3.63, 3.8) is 0 Å². The minimum absolute atomic E-state index is 0. The topological polar surface area (TPSA) is 77.1 Å². The lowest BCUT2D eigenvalue weighted by Crippen LogP contribution is -2.26. The minimum atomic E-state index is -0.156. The van der Waals surface area contributed by atoms with Gasteiger partial charge in [-0.05, 0) is 32.4 Å². The summed E-state index contributed by atoms with van der Waals surface area (Å²) in [6.45, 7) is 2.73. The highest BCUT2D eigenvalue weighted by Crippen LogP contribution is 2.07. The number of carbonyl (C=O) groups excluding carboxylic acids is 2. The fourth-order valence-corrected chi connectivity index (χ4v) is 1.54. The summed E-state index contributed by atoms with van der Waals surface area (Å²) in [5.41, 5.74) is 6.42. The number of aromatic nitrogens is 1. The Morgan fingerprint density at radius 2 is 2.06 bits per heavy atom. The number of aryl methyl sites for hydroxylation is 1. The normalized spacial score (nSPS) is 9.72. The average molecular weight is 274 g/mol. The van der Waals surface area contributed by atoms with E-state index in [0.717, 1.165) is 12.8 Å². The highest BCUT2D eigenvalue weighted by Gasteiger charge is 2.12. The van der Waals surface area contributed by atoms with E-state index in [4.69, 9.17) is 5.73 Å². The van der Waals surface area contributed by atoms with Gasteiger partial charge in [-0.15, -0.1) is 12.4 Å². The van der Waals surface area contributed by atoms with Gasteiger partial charge < -0.3 is 15.6 Å². The van der Waals surface area contributed by atoms with Crippen LogP contribution in [-0.2, 0) is 7.05 Å². The third-order valence-corrected chi connectivity index (χ3v) is 2.56. The SMILES string of the molecule is CC(=O)c1cc(C(=O)NCCCCN)n(C)c1.Cl. The van der Waals surface area contributed by atoms with Gasteiger partial charge >= 0.3 is 0 Å². The highest BCUT2D eigenvalue weighted by atomic mass is 35.5. The summed E-state index contributed by atoms with van der Waals surface area (Å²) < 4.78 is 1.66. The summed E-state index contributed by atoms with van der Waals surface area (Å²) in [4.78, 5) is 23.0. The zero-order valence-electron chi connectivity index (χ0n) is 10.7. The molecule has 0 fully saturated rings. The maximum absolute atomic E-state index is 11.8. The number of nitrogens with zero attached hydrogens (tertiary/aromatic N) is 1. The quantitative estimate of drug-likeness (QED) is 0.602. The Labute approximate surface area is 113 Å².